The number of β-lactam (4-membered cyclic amide) rings is 1. The Morgan fingerprint density at radius 2 is 2.03 bits per heavy atom. The first-order valence-electron chi connectivity index (χ1n) is 12.4. The summed E-state index contributed by atoms with van der Waals surface area (Å²) < 4.78 is 1.84. The molecule has 2 atom stereocenters. The standard InChI is InChI=1S/C25H25N7O6S/c33-14-27-17-8-9-26-21(28-17)18(30-38-16-6-2-3-7-16)22(34)29-19-23(35)32-20(25(36)37)15(13-39-24(19)32)12-31-10-4-1-5-11-31/h1,4-5,8-11,14,16,19,24H,2-3,6-7,12-13H2,(H2-,26,27,28,29,33,34,36,37)/p+1/b30-18-/t19?,24-/m1/s1. The molecule has 3 amide bonds. The minimum absolute atomic E-state index is 0.0694. The molecule has 4 heterocycles. The SMILES string of the molecule is O=CNc1ccnc(/C(=N/OC2CCCC2)C(=O)NC2C(=O)N3C(C(=O)O)=C(C[n+]4ccccc4)CS[C@H]23)n1. The van der Waals surface area contributed by atoms with Crippen molar-refractivity contribution in [1.82, 2.24) is 20.2 Å². The number of rotatable bonds is 10. The molecule has 1 saturated carbocycles. The summed E-state index contributed by atoms with van der Waals surface area (Å²) in [4.78, 5) is 64.6. The van der Waals surface area contributed by atoms with Gasteiger partial charge in [0, 0.05) is 29.7 Å². The third-order valence-electron chi connectivity index (χ3n) is 6.57. The van der Waals surface area contributed by atoms with Crippen molar-refractivity contribution < 1.29 is 33.7 Å². The Morgan fingerprint density at radius 3 is 2.74 bits per heavy atom. The molecular weight excluding hydrogens is 526 g/mol. The number of aromatic nitrogens is 3. The van der Waals surface area contributed by atoms with Crippen molar-refractivity contribution in [2.45, 2.75) is 49.7 Å². The molecular formula is C25H26N7O6S+. The zero-order valence-electron chi connectivity index (χ0n) is 20.7. The van der Waals surface area contributed by atoms with Crippen LogP contribution >= 0.6 is 11.8 Å². The van der Waals surface area contributed by atoms with E-state index in [9.17, 15) is 24.3 Å². The lowest BCUT2D eigenvalue weighted by atomic mass is 10.0. The van der Waals surface area contributed by atoms with Gasteiger partial charge < -0.3 is 20.6 Å². The van der Waals surface area contributed by atoms with E-state index < -0.39 is 29.2 Å². The second-order valence-corrected chi connectivity index (χ2v) is 10.3. The maximum Gasteiger partial charge on any atom is 0.352 e. The maximum absolute atomic E-state index is 13.4. The third kappa shape index (κ3) is 5.60. The fraction of sp³-hybridized carbons (Fsp3) is 0.360. The van der Waals surface area contributed by atoms with Crippen LogP contribution in [-0.4, -0.2) is 73.2 Å². The van der Waals surface area contributed by atoms with Crippen LogP contribution < -0.4 is 15.2 Å². The lowest BCUT2D eigenvalue weighted by Gasteiger charge is -2.49. The van der Waals surface area contributed by atoms with Crippen molar-refractivity contribution in [2.75, 3.05) is 11.1 Å². The smallest absolute Gasteiger partial charge is 0.352 e. The van der Waals surface area contributed by atoms with Crippen LogP contribution in [0.15, 0.2) is 59.3 Å². The van der Waals surface area contributed by atoms with Crippen LogP contribution in [0.25, 0.3) is 0 Å². The van der Waals surface area contributed by atoms with Gasteiger partial charge >= 0.3 is 5.97 Å². The van der Waals surface area contributed by atoms with Gasteiger partial charge in [0.05, 0.1) is 0 Å². The normalized spacial score (nSPS) is 21.2. The van der Waals surface area contributed by atoms with Crippen LogP contribution in [-0.2, 0) is 30.6 Å². The minimum Gasteiger partial charge on any atom is -0.477 e. The van der Waals surface area contributed by atoms with E-state index in [2.05, 4.69) is 25.8 Å². The molecule has 202 valence electrons. The number of oxime groups is 1. The van der Waals surface area contributed by atoms with Crippen LogP contribution in [0.4, 0.5) is 5.82 Å². The number of aliphatic carboxylic acids is 1. The molecule has 14 heteroatoms. The van der Waals surface area contributed by atoms with Gasteiger partial charge in [-0.2, -0.15) is 0 Å². The van der Waals surface area contributed by atoms with Crippen LogP contribution in [0, 0.1) is 0 Å². The molecule has 0 aromatic carbocycles. The average molecular weight is 553 g/mol. The fourth-order valence-electron chi connectivity index (χ4n) is 4.69. The molecule has 1 unspecified atom stereocenters. The number of thioether (sulfide) groups is 1. The number of carbonyl (C=O) groups is 4. The molecule has 3 aliphatic rings. The third-order valence-corrected chi connectivity index (χ3v) is 7.91. The first-order chi connectivity index (χ1) is 19.0. The Balaban J connectivity index is 1.36. The number of carbonyl (C=O) groups excluding carboxylic acids is 3. The fourth-order valence-corrected chi connectivity index (χ4v) is 6.03. The maximum atomic E-state index is 13.4. The highest BCUT2D eigenvalue weighted by Crippen LogP contribution is 2.40. The lowest BCUT2D eigenvalue weighted by Crippen LogP contribution is -2.71. The number of hydrogen-bond donors (Lipinski definition) is 3. The monoisotopic (exact) mass is 552 g/mol. The van der Waals surface area contributed by atoms with Gasteiger partial charge in [-0.05, 0) is 31.7 Å². The Hall–Kier alpha value is -4.33. The minimum atomic E-state index is -1.20. The number of carboxylic acid groups (broad SMARTS) is 1. The van der Waals surface area contributed by atoms with Gasteiger partial charge in [0.1, 0.15) is 29.0 Å². The van der Waals surface area contributed by atoms with Gasteiger partial charge in [-0.1, -0.05) is 11.2 Å². The summed E-state index contributed by atoms with van der Waals surface area (Å²) in [6.45, 7) is 0.320. The number of hydrogen-bond acceptors (Lipinski definition) is 9. The molecule has 1 aliphatic carbocycles. The van der Waals surface area contributed by atoms with Crippen LogP contribution in [0.2, 0.25) is 0 Å². The van der Waals surface area contributed by atoms with Gasteiger partial charge in [-0.15, -0.1) is 11.8 Å². The summed E-state index contributed by atoms with van der Waals surface area (Å²) >= 11 is 1.37. The van der Waals surface area contributed by atoms with Crippen molar-refractivity contribution in [1.29, 1.82) is 0 Å². The van der Waals surface area contributed by atoms with E-state index >= 15 is 0 Å². The number of fused-ring (bicyclic) bond motifs is 1. The molecule has 13 nitrogen and oxygen atoms in total. The zero-order valence-corrected chi connectivity index (χ0v) is 21.5. The van der Waals surface area contributed by atoms with Crippen molar-refractivity contribution in [3.8, 4) is 0 Å². The highest BCUT2D eigenvalue weighted by Gasteiger charge is 2.54. The van der Waals surface area contributed by atoms with Gasteiger partial charge in [0.25, 0.3) is 11.8 Å². The van der Waals surface area contributed by atoms with Crippen molar-refractivity contribution >= 4 is 47.5 Å². The summed E-state index contributed by atoms with van der Waals surface area (Å²) in [6.07, 6.45) is 8.87. The molecule has 2 aromatic heterocycles. The van der Waals surface area contributed by atoms with E-state index in [0.29, 0.717) is 24.3 Å². The van der Waals surface area contributed by atoms with Crippen molar-refractivity contribution in [3.05, 3.63) is 60.0 Å². The Labute approximate surface area is 227 Å². The Kier molecular flexibility index (Phi) is 7.81. The Morgan fingerprint density at radius 1 is 1.26 bits per heavy atom. The van der Waals surface area contributed by atoms with Gasteiger partial charge in [-0.3, -0.25) is 19.3 Å². The average Bonchev–Trinajstić information content (AvgIpc) is 3.46. The topological polar surface area (TPSA) is 167 Å². The van der Waals surface area contributed by atoms with Gasteiger partial charge in [-0.25, -0.2) is 19.3 Å². The number of pyridine rings is 1. The molecule has 2 aromatic rings. The van der Waals surface area contributed by atoms with E-state index in [-0.39, 0.29) is 29.2 Å². The molecule has 0 bridgehead atoms. The number of carboxylic acids is 1. The van der Waals surface area contributed by atoms with E-state index in [0.717, 1.165) is 25.7 Å². The second-order valence-electron chi connectivity index (χ2n) is 9.15. The number of anilines is 1. The summed E-state index contributed by atoms with van der Waals surface area (Å²) in [5.74, 6) is -2.05. The highest BCUT2D eigenvalue weighted by atomic mass is 32.2. The summed E-state index contributed by atoms with van der Waals surface area (Å²) in [6, 6.07) is 6.00. The number of amides is 3. The molecule has 1 saturated heterocycles. The number of nitrogens with zero attached hydrogens (tertiary/aromatic N) is 5. The molecule has 2 aliphatic heterocycles. The summed E-state index contributed by atoms with van der Waals surface area (Å²) in [5.41, 5.74) is 0.275. The van der Waals surface area contributed by atoms with Crippen molar-refractivity contribution in [2.24, 2.45) is 5.16 Å². The van der Waals surface area contributed by atoms with Crippen LogP contribution in [0.3, 0.4) is 0 Å². The first kappa shape index (κ1) is 26.3. The lowest BCUT2D eigenvalue weighted by molar-refractivity contribution is -0.689. The van der Waals surface area contributed by atoms with Gasteiger partial charge in [0.2, 0.25) is 12.1 Å². The Bertz CT molecular complexity index is 1350. The predicted molar refractivity (Wildman–Crippen MR) is 138 cm³/mol. The second kappa shape index (κ2) is 11.6. The molecule has 2 fully saturated rings. The predicted octanol–water partition coefficient (Wildman–Crippen LogP) is 0.435. The van der Waals surface area contributed by atoms with Crippen LogP contribution in [0.5, 0.6) is 0 Å². The van der Waals surface area contributed by atoms with E-state index in [1.807, 2.05) is 35.2 Å². The van der Waals surface area contributed by atoms with E-state index in [1.54, 1.807) is 0 Å². The number of nitrogens with one attached hydrogen (secondary N) is 2. The quantitative estimate of drug-likeness (QED) is 0.125. The first-order valence-corrected chi connectivity index (χ1v) is 13.4. The molecule has 5 rings (SSSR count). The van der Waals surface area contributed by atoms with E-state index in [1.165, 1.54) is 28.9 Å². The molecule has 39 heavy (non-hydrogen) atoms. The molecule has 0 spiro atoms. The largest absolute Gasteiger partial charge is 0.477 e. The molecule has 0 radical (unpaired) electrons. The van der Waals surface area contributed by atoms with E-state index in [4.69, 9.17) is 4.84 Å². The van der Waals surface area contributed by atoms with Crippen molar-refractivity contribution in [3.63, 3.8) is 0 Å². The highest BCUT2D eigenvalue weighted by molar-refractivity contribution is 8.00. The summed E-state index contributed by atoms with van der Waals surface area (Å²) in [5, 5.41) is 18.4. The molecule has 3 N–H and O–H groups in total. The van der Waals surface area contributed by atoms with Crippen LogP contribution in [0.1, 0.15) is 31.5 Å². The van der Waals surface area contributed by atoms with Gasteiger partial charge in [0.15, 0.2) is 24.8 Å². The zero-order chi connectivity index (χ0) is 27.4. The summed E-state index contributed by atoms with van der Waals surface area (Å²) in [7, 11) is 0.